The van der Waals surface area contributed by atoms with Crippen LogP contribution in [0.1, 0.15) is 0 Å². The molecule has 0 spiro atoms. The van der Waals surface area contributed by atoms with Crippen LogP contribution in [-0.2, 0) is 0 Å². The topological polar surface area (TPSA) is 85.3 Å². The summed E-state index contributed by atoms with van der Waals surface area (Å²) in [5, 5.41) is 10.7. The molecule has 15 heavy (non-hydrogen) atoms. The molecule has 0 bridgehead atoms. The van der Waals surface area contributed by atoms with Crippen molar-refractivity contribution in [3.8, 4) is 0 Å². The maximum absolute atomic E-state index is 10.4. The average Bonchev–Trinajstić information content (AvgIpc) is 2.13. The van der Waals surface area contributed by atoms with Gasteiger partial charge in [-0.25, -0.2) is 4.98 Å². The van der Waals surface area contributed by atoms with Gasteiger partial charge in [-0.15, -0.1) is 0 Å². The van der Waals surface area contributed by atoms with E-state index in [0.29, 0.717) is 18.9 Å². The quantitative estimate of drug-likeness (QED) is 0.598. The predicted octanol–water partition coefficient (Wildman–Crippen LogP) is 0.790. The van der Waals surface area contributed by atoms with Crippen molar-refractivity contribution in [1.29, 1.82) is 0 Å². The Morgan fingerprint density at radius 1 is 1.67 bits per heavy atom. The van der Waals surface area contributed by atoms with E-state index in [4.69, 9.17) is 17.3 Å². The number of nitro groups is 1. The van der Waals surface area contributed by atoms with Crippen LogP contribution in [0.3, 0.4) is 0 Å². The summed E-state index contributed by atoms with van der Waals surface area (Å²) in [5.74, 6) is 0.559. The van der Waals surface area contributed by atoms with Gasteiger partial charge >= 0.3 is 0 Å². The summed E-state index contributed by atoms with van der Waals surface area (Å²) in [7, 11) is 0. The van der Waals surface area contributed by atoms with Gasteiger partial charge in [-0.1, -0.05) is 11.6 Å². The summed E-state index contributed by atoms with van der Waals surface area (Å²) in [6.45, 7) is 1.37. The highest BCUT2D eigenvalue weighted by Gasteiger charge is 2.26. The maximum Gasteiger partial charge on any atom is 0.289 e. The summed E-state index contributed by atoms with van der Waals surface area (Å²) in [5.41, 5.74) is 5.51. The Hall–Kier alpha value is -1.40. The molecule has 1 aliphatic rings. The Balaban J connectivity index is 2.23. The van der Waals surface area contributed by atoms with Crippen molar-refractivity contribution in [2.45, 2.75) is 6.04 Å². The van der Waals surface area contributed by atoms with Crippen LogP contribution in [0.4, 0.5) is 11.5 Å². The van der Waals surface area contributed by atoms with Crippen molar-refractivity contribution in [2.75, 3.05) is 18.0 Å². The molecular formula is C8H9ClN4O2. The van der Waals surface area contributed by atoms with Crippen LogP contribution < -0.4 is 10.6 Å². The number of halogens is 1. The third-order valence-electron chi connectivity index (χ3n) is 2.23. The molecule has 1 aliphatic heterocycles. The van der Waals surface area contributed by atoms with Crippen molar-refractivity contribution in [3.05, 3.63) is 27.4 Å². The highest BCUT2D eigenvalue weighted by molar-refractivity contribution is 6.33. The molecular weight excluding hydrogens is 220 g/mol. The van der Waals surface area contributed by atoms with Gasteiger partial charge in [0.1, 0.15) is 12.0 Å². The second kappa shape index (κ2) is 3.63. The largest absolute Gasteiger partial charge is 0.352 e. The molecule has 0 aromatic carbocycles. The molecule has 1 saturated heterocycles. The van der Waals surface area contributed by atoms with Crippen LogP contribution in [0.15, 0.2) is 12.3 Å². The SMILES string of the molecule is NC1CN(c2ncc([N+](=O)[O-])cc2Cl)C1. The monoisotopic (exact) mass is 228 g/mol. The minimum absolute atomic E-state index is 0.103. The molecule has 0 radical (unpaired) electrons. The Bertz CT molecular complexity index is 406. The first-order valence-electron chi connectivity index (χ1n) is 4.38. The number of anilines is 1. The fraction of sp³-hybridized carbons (Fsp3) is 0.375. The van der Waals surface area contributed by atoms with Gasteiger partial charge in [0.05, 0.1) is 9.95 Å². The number of rotatable bonds is 2. The molecule has 1 aromatic heterocycles. The highest BCUT2D eigenvalue weighted by Crippen LogP contribution is 2.29. The van der Waals surface area contributed by atoms with Crippen LogP contribution in [0, 0.1) is 10.1 Å². The van der Waals surface area contributed by atoms with Crippen LogP contribution in [0.5, 0.6) is 0 Å². The van der Waals surface area contributed by atoms with Crippen LogP contribution >= 0.6 is 11.6 Å². The molecule has 6 nitrogen and oxygen atoms in total. The number of hydrogen-bond donors (Lipinski definition) is 1. The summed E-state index contributed by atoms with van der Waals surface area (Å²) >= 11 is 5.88. The van der Waals surface area contributed by atoms with E-state index < -0.39 is 4.92 Å². The van der Waals surface area contributed by atoms with E-state index in [-0.39, 0.29) is 16.8 Å². The lowest BCUT2D eigenvalue weighted by Crippen LogP contribution is -2.56. The molecule has 0 atom stereocenters. The fourth-order valence-electron chi connectivity index (χ4n) is 1.44. The van der Waals surface area contributed by atoms with E-state index in [2.05, 4.69) is 4.98 Å². The zero-order valence-corrected chi connectivity index (χ0v) is 8.52. The van der Waals surface area contributed by atoms with Crippen molar-refractivity contribution >= 4 is 23.1 Å². The van der Waals surface area contributed by atoms with E-state index in [1.165, 1.54) is 12.3 Å². The van der Waals surface area contributed by atoms with Crippen molar-refractivity contribution in [1.82, 2.24) is 4.98 Å². The third-order valence-corrected chi connectivity index (χ3v) is 2.51. The molecule has 1 aromatic rings. The molecule has 0 aliphatic carbocycles. The normalized spacial score (nSPS) is 16.3. The number of pyridine rings is 1. The minimum atomic E-state index is -0.523. The van der Waals surface area contributed by atoms with E-state index in [1.54, 1.807) is 0 Å². The van der Waals surface area contributed by atoms with Gasteiger partial charge in [-0.2, -0.15) is 0 Å². The fourth-order valence-corrected chi connectivity index (χ4v) is 1.72. The van der Waals surface area contributed by atoms with Crippen molar-refractivity contribution in [3.63, 3.8) is 0 Å². The Morgan fingerprint density at radius 2 is 2.33 bits per heavy atom. The lowest BCUT2D eigenvalue weighted by molar-refractivity contribution is -0.385. The average molecular weight is 229 g/mol. The van der Waals surface area contributed by atoms with E-state index in [1.807, 2.05) is 4.90 Å². The molecule has 7 heteroatoms. The van der Waals surface area contributed by atoms with Gasteiger partial charge in [0.15, 0.2) is 0 Å². The van der Waals surface area contributed by atoms with E-state index in [0.717, 1.165) is 0 Å². The van der Waals surface area contributed by atoms with Crippen LogP contribution in [0.2, 0.25) is 5.02 Å². The van der Waals surface area contributed by atoms with Gasteiger partial charge in [0, 0.05) is 25.2 Å². The number of hydrogen-bond acceptors (Lipinski definition) is 5. The summed E-state index contributed by atoms with van der Waals surface area (Å²) in [4.78, 5) is 15.8. The van der Waals surface area contributed by atoms with Crippen molar-refractivity contribution < 1.29 is 4.92 Å². The van der Waals surface area contributed by atoms with Gasteiger partial charge in [-0.05, 0) is 0 Å². The first-order valence-corrected chi connectivity index (χ1v) is 4.76. The first-order chi connectivity index (χ1) is 7.08. The zero-order chi connectivity index (χ0) is 11.0. The zero-order valence-electron chi connectivity index (χ0n) is 7.76. The second-order valence-electron chi connectivity index (χ2n) is 3.42. The van der Waals surface area contributed by atoms with Crippen LogP contribution in [-0.4, -0.2) is 29.0 Å². The molecule has 2 rings (SSSR count). The second-order valence-corrected chi connectivity index (χ2v) is 3.83. The lowest BCUT2D eigenvalue weighted by Gasteiger charge is -2.38. The van der Waals surface area contributed by atoms with Crippen LogP contribution in [0.25, 0.3) is 0 Å². The summed E-state index contributed by atoms with van der Waals surface area (Å²) in [6, 6.07) is 1.44. The number of nitrogens with two attached hydrogens (primary N) is 1. The molecule has 0 amide bonds. The molecule has 0 saturated carbocycles. The van der Waals surface area contributed by atoms with Gasteiger partial charge in [-0.3, -0.25) is 10.1 Å². The van der Waals surface area contributed by atoms with E-state index in [9.17, 15) is 10.1 Å². The predicted molar refractivity (Wildman–Crippen MR) is 56.1 cm³/mol. The van der Waals surface area contributed by atoms with Gasteiger partial charge in [0.2, 0.25) is 0 Å². The number of aromatic nitrogens is 1. The Labute approximate surface area is 90.8 Å². The molecule has 2 N–H and O–H groups in total. The third kappa shape index (κ3) is 1.86. The standard InChI is InChI=1S/C8H9ClN4O2/c9-7-1-6(13(14)15)2-11-8(7)12-3-5(10)4-12/h1-2,5H,3-4,10H2. The van der Waals surface area contributed by atoms with Gasteiger partial charge < -0.3 is 10.6 Å². The van der Waals surface area contributed by atoms with Crippen molar-refractivity contribution in [2.24, 2.45) is 5.73 Å². The minimum Gasteiger partial charge on any atom is -0.352 e. The molecule has 1 fully saturated rings. The molecule has 2 heterocycles. The first kappa shape index (κ1) is 10.1. The van der Waals surface area contributed by atoms with E-state index >= 15 is 0 Å². The summed E-state index contributed by atoms with van der Waals surface area (Å²) < 4.78 is 0. The maximum atomic E-state index is 10.4. The smallest absolute Gasteiger partial charge is 0.289 e. The molecule has 0 unspecified atom stereocenters. The number of nitrogens with zero attached hydrogens (tertiary/aromatic N) is 3. The highest BCUT2D eigenvalue weighted by atomic mass is 35.5. The summed E-state index contributed by atoms with van der Waals surface area (Å²) in [6.07, 6.45) is 1.20. The Morgan fingerprint density at radius 3 is 2.80 bits per heavy atom. The Kier molecular flexibility index (Phi) is 2.45. The van der Waals surface area contributed by atoms with Gasteiger partial charge in [0.25, 0.3) is 5.69 Å². The molecule has 80 valence electrons. The lowest BCUT2D eigenvalue weighted by atomic mass is 10.1.